The third-order valence-electron chi connectivity index (χ3n) is 2.54. The molecule has 0 atom stereocenters. The normalized spacial score (nSPS) is 10.2. The van der Waals surface area contributed by atoms with Gasteiger partial charge < -0.3 is 10.5 Å². The highest BCUT2D eigenvalue weighted by molar-refractivity contribution is 5.52. The predicted molar refractivity (Wildman–Crippen MR) is 68.2 cm³/mol. The second-order valence-corrected chi connectivity index (χ2v) is 3.86. The second-order valence-electron chi connectivity index (χ2n) is 3.86. The molecule has 0 fully saturated rings. The topological polar surface area (TPSA) is 78.4 Å². The Morgan fingerprint density at radius 2 is 2.00 bits per heavy atom. The van der Waals surface area contributed by atoms with Gasteiger partial charge in [0.2, 0.25) is 0 Å². The summed E-state index contributed by atoms with van der Waals surface area (Å²) < 4.78 is 18.5. The molecule has 0 saturated carbocycles. The standard InChI is InChI=1S/C13H11FN2O3/c14-10-5-6-12(16(17)18)9(7-10)8-19-13-4-2-1-3-11(13)15/h1-7H,8,15H2. The predicted octanol–water partition coefficient (Wildman–Crippen LogP) is 2.90. The smallest absolute Gasteiger partial charge is 0.276 e. The van der Waals surface area contributed by atoms with E-state index in [2.05, 4.69) is 0 Å². The zero-order chi connectivity index (χ0) is 13.8. The van der Waals surface area contributed by atoms with E-state index in [4.69, 9.17) is 10.5 Å². The van der Waals surface area contributed by atoms with Gasteiger partial charge in [0.1, 0.15) is 18.2 Å². The Labute approximate surface area is 108 Å². The minimum atomic E-state index is -0.577. The molecule has 2 rings (SSSR count). The lowest BCUT2D eigenvalue weighted by molar-refractivity contribution is -0.385. The molecule has 2 N–H and O–H groups in total. The van der Waals surface area contributed by atoms with Crippen molar-refractivity contribution in [3.63, 3.8) is 0 Å². The summed E-state index contributed by atoms with van der Waals surface area (Å²) in [5.41, 5.74) is 6.07. The molecule has 0 aliphatic heterocycles. The number of nitro benzene ring substituents is 1. The number of anilines is 1. The van der Waals surface area contributed by atoms with Crippen LogP contribution in [-0.4, -0.2) is 4.92 Å². The number of benzene rings is 2. The van der Waals surface area contributed by atoms with Gasteiger partial charge in [0.15, 0.2) is 0 Å². The van der Waals surface area contributed by atoms with Gasteiger partial charge in [-0.25, -0.2) is 4.39 Å². The molecule has 0 saturated heterocycles. The summed E-state index contributed by atoms with van der Waals surface area (Å²) in [7, 11) is 0. The number of nitrogens with zero attached hydrogens (tertiary/aromatic N) is 1. The molecule has 0 aliphatic carbocycles. The van der Waals surface area contributed by atoms with Crippen molar-refractivity contribution in [3.8, 4) is 5.75 Å². The minimum Gasteiger partial charge on any atom is -0.486 e. The van der Waals surface area contributed by atoms with Crippen LogP contribution < -0.4 is 10.5 Å². The first kappa shape index (κ1) is 12.8. The molecule has 2 aromatic carbocycles. The Kier molecular flexibility index (Phi) is 3.61. The highest BCUT2D eigenvalue weighted by Gasteiger charge is 2.15. The molecule has 98 valence electrons. The Balaban J connectivity index is 2.22. The molecule has 0 spiro atoms. The molecule has 0 radical (unpaired) electrons. The van der Waals surface area contributed by atoms with E-state index in [9.17, 15) is 14.5 Å². The van der Waals surface area contributed by atoms with Gasteiger partial charge in [-0.15, -0.1) is 0 Å². The lowest BCUT2D eigenvalue weighted by atomic mass is 10.2. The van der Waals surface area contributed by atoms with Gasteiger partial charge in [-0.3, -0.25) is 10.1 Å². The number of halogens is 1. The van der Waals surface area contributed by atoms with E-state index in [-0.39, 0.29) is 17.9 Å². The van der Waals surface area contributed by atoms with E-state index < -0.39 is 10.7 Å². The third-order valence-corrected chi connectivity index (χ3v) is 2.54. The average Bonchev–Trinajstić information content (AvgIpc) is 2.37. The van der Waals surface area contributed by atoms with Crippen LogP contribution in [0.4, 0.5) is 15.8 Å². The number of hydrogen-bond acceptors (Lipinski definition) is 4. The fourth-order valence-corrected chi connectivity index (χ4v) is 1.62. The van der Waals surface area contributed by atoms with Gasteiger partial charge in [-0.1, -0.05) is 12.1 Å². The Bertz CT molecular complexity index is 617. The van der Waals surface area contributed by atoms with Crippen LogP contribution in [0.3, 0.4) is 0 Å². The molecule has 6 heteroatoms. The van der Waals surface area contributed by atoms with E-state index in [1.54, 1.807) is 24.3 Å². The first-order valence-electron chi connectivity index (χ1n) is 5.48. The van der Waals surface area contributed by atoms with Gasteiger partial charge in [-0.05, 0) is 24.3 Å². The molecule has 0 unspecified atom stereocenters. The summed E-state index contributed by atoms with van der Waals surface area (Å²) in [5.74, 6) is -0.147. The molecule has 0 aliphatic rings. The molecule has 0 heterocycles. The van der Waals surface area contributed by atoms with E-state index in [0.717, 1.165) is 18.2 Å². The van der Waals surface area contributed by atoms with Crippen LogP contribution in [0, 0.1) is 15.9 Å². The molecular weight excluding hydrogens is 251 g/mol. The van der Waals surface area contributed by atoms with Crippen LogP contribution in [0.1, 0.15) is 5.56 Å². The monoisotopic (exact) mass is 262 g/mol. The number of ether oxygens (including phenoxy) is 1. The number of nitro groups is 1. The highest BCUT2D eigenvalue weighted by Crippen LogP contribution is 2.24. The van der Waals surface area contributed by atoms with E-state index in [0.29, 0.717) is 11.4 Å². The summed E-state index contributed by atoms with van der Waals surface area (Å²) >= 11 is 0. The molecule has 0 amide bonds. The maximum Gasteiger partial charge on any atom is 0.276 e. The molecule has 5 nitrogen and oxygen atoms in total. The fourth-order valence-electron chi connectivity index (χ4n) is 1.62. The lowest BCUT2D eigenvalue weighted by Gasteiger charge is -2.08. The Morgan fingerprint density at radius 1 is 1.26 bits per heavy atom. The first-order valence-corrected chi connectivity index (χ1v) is 5.48. The minimum absolute atomic E-state index is 0.123. The van der Waals surface area contributed by atoms with Crippen molar-refractivity contribution in [2.24, 2.45) is 0 Å². The van der Waals surface area contributed by atoms with Crippen LogP contribution in [-0.2, 0) is 6.61 Å². The second kappa shape index (κ2) is 5.34. The number of para-hydroxylation sites is 2. The van der Waals surface area contributed by atoms with Crippen molar-refractivity contribution >= 4 is 11.4 Å². The van der Waals surface area contributed by atoms with Crippen LogP contribution >= 0.6 is 0 Å². The quantitative estimate of drug-likeness (QED) is 0.522. The van der Waals surface area contributed by atoms with E-state index in [1.807, 2.05) is 0 Å². The highest BCUT2D eigenvalue weighted by atomic mass is 19.1. The first-order chi connectivity index (χ1) is 9.08. The van der Waals surface area contributed by atoms with Crippen molar-refractivity contribution in [2.45, 2.75) is 6.61 Å². The average molecular weight is 262 g/mol. The summed E-state index contributed by atoms with van der Waals surface area (Å²) in [6.07, 6.45) is 0. The van der Waals surface area contributed by atoms with Crippen molar-refractivity contribution in [3.05, 3.63) is 64.0 Å². The van der Waals surface area contributed by atoms with Crippen molar-refractivity contribution in [1.29, 1.82) is 0 Å². The van der Waals surface area contributed by atoms with E-state index >= 15 is 0 Å². The SMILES string of the molecule is Nc1ccccc1OCc1cc(F)ccc1[N+](=O)[O-]. The lowest BCUT2D eigenvalue weighted by Crippen LogP contribution is -2.02. The summed E-state index contributed by atoms with van der Waals surface area (Å²) in [6.45, 7) is -0.123. The van der Waals surface area contributed by atoms with Gasteiger partial charge in [0.05, 0.1) is 16.2 Å². The van der Waals surface area contributed by atoms with Crippen LogP contribution in [0.15, 0.2) is 42.5 Å². The van der Waals surface area contributed by atoms with Gasteiger partial charge in [0, 0.05) is 6.07 Å². The van der Waals surface area contributed by atoms with Crippen LogP contribution in [0.2, 0.25) is 0 Å². The summed E-state index contributed by atoms with van der Waals surface area (Å²) in [4.78, 5) is 10.2. The zero-order valence-corrected chi connectivity index (χ0v) is 9.88. The van der Waals surface area contributed by atoms with Crippen LogP contribution in [0.5, 0.6) is 5.75 Å². The molecule has 19 heavy (non-hydrogen) atoms. The maximum absolute atomic E-state index is 13.1. The molecule has 0 aromatic heterocycles. The van der Waals surface area contributed by atoms with E-state index in [1.165, 1.54) is 0 Å². The summed E-state index contributed by atoms with van der Waals surface area (Å²) in [6, 6.07) is 9.99. The zero-order valence-electron chi connectivity index (χ0n) is 9.88. The van der Waals surface area contributed by atoms with Crippen molar-refractivity contribution in [1.82, 2.24) is 0 Å². The molecular formula is C13H11FN2O3. The van der Waals surface area contributed by atoms with Gasteiger partial charge >= 0.3 is 0 Å². The van der Waals surface area contributed by atoms with Crippen LogP contribution in [0.25, 0.3) is 0 Å². The van der Waals surface area contributed by atoms with Crippen molar-refractivity contribution < 1.29 is 14.1 Å². The maximum atomic E-state index is 13.1. The number of rotatable bonds is 4. The van der Waals surface area contributed by atoms with Crippen molar-refractivity contribution in [2.75, 3.05) is 5.73 Å². The molecule has 2 aromatic rings. The Morgan fingerprint density at radius 3 is 2.68 bits per heavy atom. The summed E-state index contributed by atoms with van der Waals surface area (Å²) in [5, 5.41) is 10.8. The Hall–Kier alpha value is -2.63. The third kappa shape index (κ3) is 2.98. The number of hydrogen-bond donors (Lipinski definition) is 1. The van der Waals surface area contributed by atoms with Gasteiger partial charge in [-0.2, -0.15) is 0 Å². The number of nitrogens with two attached hydrogens (primary N) is 1. The largest absolute Gasteiger partial charge is 0.486 e. The number of nitrogen functional groups attached to an aromatic ring is 1. The molecule has 0 bridgehead atoms. The van der Waals surface area contributed by atoms with Gasteiger partial charge in [0.25, 0.3) is 5.69 Å². The fraction of sp³-hybridized carbons (Fsp3) is 0.0769.